The Balaban J connectivity index is 0.000000399. The summed E-state index contributed by atoms with van der Waals surface area (Å²) in [6.45, 7) is 3.34. The third-order valence-electron chi connectivity index (χ3n) is 2.41. The summed E-state index contributed by atoms with van der Waals surface area (Å²) in [5, 5.41) is 0. The van der Waals surface area contributed by atoms with E-state index in [4.69, 9.17) is 11.5 Å². The van der Waals surface area contributed by atoms with Crippen LogP contribution in [0.1, 0.15) is 32.6 Å². The predicted octanol–water partition coefficient (Wildman–Crippen LogP) is 0.564. The zero-order valence-electron chi connectivity index (χ0n) is 11.3. The smallest absolute Gasteiger partial charge is 0.126 e. The van der Waals surface area contributed by atoms with Crippen LogP contribution in [-0.4, -0.2) is 19.5 Å². The van der Waals surface area contributed by atoms with E-state index in [2.05, 4.69) is 12.7 Å². The van der Waals surface area contributed by atoms with Crippen LogP contribution in [0.3, 0.4) is 0 Å². The fourth-order valence-corrected chi connectivity index (χ4v) is 2.01. The van der Waals surface area contributed by atoms with Crippen LogP contribution in [-0.2, 0) is 10.1 Å². The van der Waals surface area contributed by atoms with E-state index >= 15 is 0 Å². The highest BCUT2D eigenvalue weighted by molar-refractivity contribution is 7.86. The van der Waals surface area contributed by atoms with Crippen molar-refractivity contribution >= 4 is 21.5 Å². The first-order valence-corrected chi connectivity index (χ1v) is 7.63. The molecule has 7 N–H and O–H groups in total. The predicted molar refractivity (Wildman–Crippen MR) is 75.1 cm³/mol. The number of nitrogen functional groups attached to an aromatic ring is 2. The number of benzene rings is 1. The van der Waals surface area contributed by atoms with Crippen molar-refractivity contribution in [3.05, 3.63) is 18.2 Å². The molecule has 0 amide bonds. The molecule has 0 aromatic heterocycles. The molecule has 0 atom stereocenters. The fraction of sp³-hybridized carbons (Fsp3) is 0.500. The van der Waals surface area contributed by atoms with E-state index < -0.39 is 15.0 Å². The minimum absolute atomic E-state index is 0.0841. The molecule has 0 unspecified atom stereocenters. The van der Waals surface area contributed by atoms with Crippen LogP contribution in [0.5, 0.6) is 0 Å². The van der Waals surface area contributed by atoms with Gasteiger partial charge in [0.2, 0.25) is 0 Å². The van der Waals surface area contributed by atoms with Gasteiger partial charge >= 0.3 is 0 Å². The number of hydrogen-bond donors (Lipinski definition) is 3. The highest BCUT2D eigenvalue weighted by Crippen LogP contribution is 2.20. The lowest BCUT2D eigenvalue weighted by atomic mass is 10.2. The van der Waals surface area contributed by atoms with Crippen molar-refractivity contribution in [3.8, 4) is 0 Å². The summed E-state index contributed by atoms with van der Waals surface area (Å²) >= 11 is 0. The zero-order chi connectivity index (χ0) is 14.9. The first kappa shape index (κ1) is 17.7. The minimum Gasteiger partial charge on any atom is -0.744 e. The second-order valence-corrected chi connectivity index (χ2v) is 5.51. The van der Waals surface area contributed by atoms with Crippen molar-refractivity contribution in [2.24, 2.45) is 0 Å². The summed E-state index contributed by atoms with van der Waals surface area (Å²) in [5.41, 5.74) is 14.4. The van der Waals surface area contributed by atoms with Gasteiger partial charge in [-0.3, -0.25) is 0 Å². The van der Waals surface area contributed by atoms with Gasteiger partial charge in [-0.2, -0.15) is 0 Å². The molecule has 0 saturated carbocycles. The van der Waals surface area contributed by atoms with E-state index in [1.54, 1.807) is 0 Å². The molecule has 1 aromatic carbocycles. The molecule has 0 saturated heterocycles. The lowest BCUT2D eigenvalue weighted by Gasteiger charge is -2.09. The van der Waals surface area contributed by atoms with Crippen molar-refractivity contribution in [2.75, 3.05) is 18.0 Å². The Morgan fingerprint density at radius 1 is 1.21 bits per heavy atom. The first-order valence-electron chi connectivity index (χ1n) is 6.23. The van der Waals surface area contributed by atoms with Crippen LogP contribution in [0.2, 0.25) is 0 Å². The van der Waals surface area contributed by atoms with Crippen LogP contribution >= 0.6 is 0 Å². The number of rotatable bonds is 5. The summed E-state index contributed by atoms with van der Waals surface area (Å²) in [4.78, 5) is -0.470. The Bertz CT molecular complexity index is 471. The van der Waals surface area contributed by atoms with Gasteiger partial charge in [0.1, 0.15) is 10.1 Å². The highest BCUT2D eigenvalue weighted by atomic mass is 32.2. The Morgan fingerprint density at radius 3 is 2.26 bits per heavy atom. The molecule has 0 aliphatic carbocycles. The number of unbranched alkanes of at least 4 members (excludes halogenated alkanes) is 3. The molecule has 0 aliphatic rings. The van der Waals surface area contributed by atoms with Crippen molar-refractivity contribution < 1.29 is 18.7 Å². The van der Waals surface area contributed by atoms with E-state index in [9.17, 15) is 13.0 Å². The molecule has 1 aromatic rings. The average molecular weight is 289 g/mol. The lowest BCUT2D eigenvalue weighted by Crippen LogP contribution is -2.50. The summed E-state index contributed by atoms with van der Waals surface area (Å²) < 4.78 is 31.5. The topological polar surface area (TPSA) is 137 Å². The molecular formula is C12H23N3O3S. The van der Waals surface area contributed by atoms with Gasteiger partial charge in [0.05, 0.1) is 11.4 Å². The molecule has 6 nitrogen and oxygen atoms in total. The van der Waals surface area contributed by atoms with Gasteiger partial charge in [0.25, 0.3) is 0 Å². The van der Waals surface area contributed by atoms with Crippen molar-refractivity contribution in [3.63, 3.8) is 0 Å². The van der Waals surface area contributed by atoms with Gasteiger partial charge in [0.15, 0.2) is 0 Å². The molecule has 19 heavy (non-hydrogen) atoms. The Hall–Kier alpha value is -1.31. The van der Waals surface area contributed by atoms with Gasteiger partial charge in [-0.05, 0) is 31.0 Å². The van der Waals surface area contributed by atoms with Crippen LogP contribution in [0, 0.1) is 0 Å². The maximum Gasteiger partial charge on any atom is 0.126 e. The van der Waals surface area contributed by atoms with Gasteiger partial charge in [-0.25, -0.2) is 8.42 Å². The normalized spacial score (nSPS) is 10.7. The third-order valence-corrected chi connectivity index (χ3v) is 3.30. The number of hydrogen-bond acceptors (Lipinski definition) is 5. The Labute approximate surface area is 114 Å². The Morgan fingerprint density at radius 2 is 1.84 bits per heavy atom. The molecule has 0 heterocycles. The second-order valence-electron chi connectivity index (χ2n) is 4.17. The molecule has 7 heteroatoms. The SMILES string of the molecule is CCCCCC[NH3+].Nc1ccc(N)c(S(=O)(=O)[O-])c1. The van der Waals surface area contributed by atoms with Crippen LogP contribution in [0.25, 0.3) is 0 Å². The van der Waals surface area contributed by atoms with Crippen LogP contribution in [0.4, 0.5) is 11.4 Å². The second kappa shape index (κ2) is 8.73. The van der Waals surface area contributed by atoms with Gasteiger partial charge in [0, 0.05) is 11.4 Å². The van der Waals surface area contributed by atoms with Crippen LogP contribution in [0.15, 0.2) is 23.1 Å². The van der Waals surface area contributed by atoms with Gasteiger partial charge < -0.3 is 21.8 Å². The Kier molecular flexibility index (Phi) is 8.13. The number of anilines is 2. The van der Waals surface area contributed by atoms with Gasteiger partial charge in [-0.1, -0.05) is 19.8 Å². The van der Waals surface area contributed by atoms with E-state index in [-0.39, 0.29) is 11.4 Å². The summed E-state index contributed by atoms with van der Waals surface area (Å²) in [6, 6.07) is 3.74. The molecule has 0 spiro atoms. The maximum absolute atomic E-state index is 10.5. The third kappa shape index (κ3) is 7.66. The monoisotopic (exact) mass is 289 g/mol. The van der Waals surface area contributed by atoms with Crippen molar-refractivity contribution in [1.29, 1.82) is 0 Å². The quantitative estimate of drug-likeness (QED) is 0.413. The van der Waals surface area contributed by atoms with Crippen molar-refractivity contribution in [1.82, 2.24) is 0 Å². The molecule has 0 bridgehead atoms. The zero-order valence-corrected chi connectivity index (χ0v) is 12.1. The van der Waals surface area contributed by atoms with E-state index in [0.717, 1.165) is 12.6 Å². The summed E-state index contributed by atoms with van der Waals surface area (Å²) in [7, 11) is -4.51. The lowest BCUT2D eigenvalue weighted by molar-refractivity contribution is -0.368. The number of nitrogens with two attached hydrogens (primary N) is 2. The van der Waals surface area contributed by atoms with E-state index in [1.807, 2.05) is 0 Å². The van der Waals surface area contributed by atoms with E-state index in [1.165, 1.54) is 37.8 Å². The highest BCUT2D eigenvalue weighted by Gasteiger charge is 2.05. The van der Waals surface area contributed by atoms with Crippen molar-refractivity contribution in [2.45, 2.75) is 37.5 Å². The fourth-order valence-electron chi connectivity index (χ4n) is 1.37. The molecule has 110 valence electrons. The molecular weight excluding hydrogens is 266 g/mol. The molecule has 0 fully saturated rings. The molecule has 1 rings (SSSR count). The minimum atomic E-state index is -4.51. The number of quaternary nitrogens is 1. The largest absolute Gasteiger partial charge is 0.744 e. The molecule has 0 radical (unpaired) electrons. The molecule has 0 aliphatic heterocycles. The van der Waals surface area contributed by atoms with Crippen LogP contribution < -0.4 is 17.2 Å². The average Bonchev–Trinajstić information content (AvgIpc) is 2.32. The van der Waals surface area contributed by atoms with E-state index in [0.29, 0.717) is 0 Å². The maximum atomic E-state index is 10.5. The summed E-state index contributed by atoms with van der Waals surface area (Å²) in [6.07, 6.45) is 5.41. The van der Waals surface area contributed by atoms with Gasteiger partial charge in [-0.15, -0.1) is 0 Å². The summed E-state index contributed by atoms with van der Waals surface area (Å²) in [5.74, 6) is 0. The standard InChI is InChI=1S/C6H8N2O3S.C6H15N/c7-4-1-2-5(8)6(3-4)12(9,10)11;1-2-3-4-5-6-7/h1-3H,7-8H2,(H,9,10,11);2-7H2,1H3. The first-order chi connectivity index (χ1) is 8.82.